The van der Waals surface area contributed by atoms with Crippen LogP contribution in [0.5, 0.6) is 11.5 Å². The molecule has 3 rings (SSSR count). The average Bonchev–Trinajstić information content (AvgIpc) is 2.94. The molecule has 0 saturated heterocycles. The van der Waals surface area contributed by atoms with Crippen molar-refractivity contribution in [3.8, 4) is 11.5 Å². The predicted molar refractivity (Wildman–Crippen MR) is 168 cm³/mol. The summed E-state index contributed by atoms with van der Waals surface area (Å²) in [6.45, 7) is 11.3. The molecule has 0 unspecified atom stereocenters. The Morgan fingerprint density at radius 1 is 0.738 bits per heavy atom. The van der Waals surface area contributed by atoms with E-state index in [0.29, 0.717) is 25.9 Å². The Balaban J connectivity index is 1.63. The first-order valence-corrected chi connectivity index (χ1v) is 16.9. The van der Waals surface area contributed by atoms with Gasteiger partial charge in [-0.05, 0) is 106 Å². The first-order chi connectivity index (χ1) is 20.0. The number of ether oxygens (including phenoxy) is 3. The molecule has 238 valence electrons. The van der Waals surface area contributed by atoms with E-state index >= 15 is 0 Å². The Morgan fingerprint density at radius 2 is 1.21 bits per heavy atom. The lowest BCUT2D eigenvalue weighted by Gasteiger charge is -2.32. The third-order valence-corrected chi connectivity index (χ3v) is 9.38. The number of hydrogen-bond donors (Lipinski definition) is 1. The van der Waals surface area contributed by atoms with Crippen LogP contribution in [0.1, 0.15) is 161 Å². The number of benzene rings is 1. The smallest absolute Gasteiger partial charge is 0.306 e. The molecule has 6 nitrogen and oxygen atoms in total. The summed E-state index contributed by atoms with van der Waals surface area (Å²) in [5.74, 6) is 0.855. The van der Waals surface area contributed by atoms with Gasteiger partial charge in [0.2, 0.25) is 0 Å². The van der Waals surface area contributed by atoms with Crippen molar-refractivity contribution >= 4 is 11.9 Å². The molecule has 0 aromatic heterocycles. The number of unbranched alkanes of at least 4 members (excludes halogenated alkanes) is 1. The topological polar surface area (TPSA) is 82.1 Å². The first kappa shape index (κ1) is 34.3. The zero-order valence-corrected chi connectivity index (χ0v) is 27.2. The van der Waals surface area contributed by atoms with Gasteiger partial charge in [0.1, 0.15) is 23.7 Å². The van der Waals surface area contributed by atoms with Crippen molar-refractivity contribution in [1.82, 2.24) is 0 Å². The van der Waals surface area contributed by atoms with E-state index < -0.39 is 0 Å². The summed E-state index contributed by atoms with van der Waals surface area (Å²) < 4.78 is 17.8. The zero-order valence-electron chi connectivity index (χ0n) is 27.2. The van der Waals surface area contributed by atoms with Crippen molar-refractivity contribution in [3.63, 3.8) is 0 Å². The number of carbonyl (C=O) groups is 2. The highest BCUT2D eigenvalue weighted by Gasteiger charge is 2.31. The first-order valence-electron chi connectivity index (χ1n) is 16.9. The minimum atomic E-state index is -0.344. The van der Waals surface area contributed by atoms with Crippen molar-refractivity contribution in [2.75, 3.05) is 6.61 Å². The second kappa shape index (κ2) is 16.6. The fraction of sp³-hybridized carbons (Fsp3) is 0.778. The molecule has 6 heteroatoms. The Morgan fingerprint density at radius 3 is 1.69 bits per heavy atom. The normalized spacial score (nSPS) is 17.2. The largest absolute Gasteiger partial charge is 0.508 e. The molecule has 0 heterocycles. The van der Waals surface area contributed by atoms with Crippen molar-refractivity contribution in [1.29, 1.82) is 0 Å². The number of carbonyl (C=O) groups excluding carboxylic acids is 2. The maximum absolute atomic E-state index is 12.5. The number of rotatable bonds is 16. The minimum absolute atomic E-state index is 0.0876. The molecule has 0 aliphatic heterocycles. The lowest BCUT2D eigenvalue weighted by atomic mass is 9.75. The number of phenols is 1. The fourth-order valence-electron chi connectivity index (χ4n) is 6.56. The van der Waals surface area contributed by atoms with Gasteiger partial charge in [0, 0.05) is 24.0 Å². The Labute approximate surface area is 255 Å². The van der Waals surface area contributed by atoms with E-state index in [9.17, 15) is 14.7 Å². The van der Waals surface area contributed by atoms with Crippen LogP contribution in [0.4, 0.5) is 0 Å². The Bertz CT molecular complexity index is 985. The molecule has 0 radical (unpaired) electrons. The lowest BCUT2D eigenvalue weighted by Crippen LogP contribution is -2.24. The summed E-state index contributed by atoms with van der Waals surface area (Å²) in [5, 5.41) is 11.3. The van der Waals surface area contributed by atoms with Gasteiger partial charge in [-0.3, -0.25) is 9.59 Å². The molecule has 2 fully saturated rings. The van der Waals surface area contributed by atoms with E-state index in [1.54, 1.807) is 0 Å². The molecule has 1 aromatic carbocycles. The van der Waals surface area contributed by atoms with Crippen LogP contribution in [-0.2, 0) is 29.9 Å². The molecule has 0 amide bonds. The van der Waals surface area contributed by atoms with E-state index in [2.05, 4.69) is 34.6 Å². The molecule has 42 heavy (non-hydrogen) atoms. The average molecular weight is 587 g/mol. The van der Waals surface area contributed by atoms with Gasteiger partial charge < -0.3 is 19.3 Å². The molecule has 0 atom stereocenters. The van der Waals surface area contributed by atoms with Crippen molar-refractivity contribution in [3.05, 3.63) is 23.3 Å². The summed E-state index contributed by atoms with van der Waals surface area (Å²) in [4.78, 5) is 25.0. The monoisotopic (exact) mass is 586 g/mol. The number of esters is 2. The van der Waals surface area contributed by atoms with Crippen LogP contribution in [0.2, 0.25) is 0 Å². The molecule has 2 aliphatic rings. The number of phenolic OH excluding ortho intramolecular Hbond substituents is 1. The zero-order chi connectivity index (χ0) is 30.6. The summed E-state index contributed by atoms with van der Waals surface area (Å²) >= 11 is 0. The highest BCUT2D eigenvalue weighted by Crippen LogP contribution is 2.44. The van der Waals surface area contributed by atoms with Crippen LogP contribution in [0.3, 0.4) is 0 Å². The number of hydrogen-bond acceptors (Lipinski definition) is 6. The highest BCUT2D eigenvalue weighted by atomic mass is 16.5. The minimum Gasteiger partial charge on any atom is -0.508 e. The van der Waals surface area contributed by atoms with Gasteiger partial charge in [-0.1, -0.05) is 53.9 Å². The van der Waals surface area contributed by atoms with Crippen LogP contribution >= 0.6 is 0 Å². The van der Waals surface area contributed by atoms with Gasteiger partial charge in [0.25, 0.3) is 0 Å². The van der Waals surface area contributed by atoms with Gasteiger partial charge >= 0.3 is 11.9 Å². The molecule has 2 saturated carbocycles. The van der Waals surface area contributed by atoms with Gasteiger partial charge in [-0.2, -0.15) is 0 Å². The second-order valence-corrected chi connectivity index (χ2v) is 14.0. The van der Waals surface area contributed by atoms with E-state index in [4.69, 9.17) is 14.2 Å². The molecule has 1 N–H and O–H groups in total. The highest BCUT2D eigenvalue weighted by molar-refractivity contribution is 5.70. The lowest BCUT2D eigenvalue weighted by molar-refractivity contribution is -0.151. The molecule has 1 aromatic rings. The van der Waals surface area contributed by atoms with Crippen LogP contribution in [-0.4, -0.2) is 35.9 Å². The quantitative estimate of drug-likeness (QED) is 0.154. The summed E-state index contributed by atoms with van der Waals surface area (Å²) in [5.41, 5.74) is 1.16. The van der Waals surface area contributed by atoms with Gasteiger partial charge in [-0.25, -0.2) is 0 Å². The second-order valence-electron chi connectivity index (χ2n) is 14.0. The number of aromatic hydroxyl groups is 1. The van der Waals surface area contributed by atoms with Crippen LogP contribution < -0.4 is 4.74 Å². The fourth-order valence-corrected chi connectivity index (χ4v) is 6.56. The van der Waals surface area contributed by atoms with Crippen LogP contribution in [0.15, 0.2) is 12.1 Å². The van der Waals surface area contributed by atoms with Crippen molar-refractivity contribution in [2.24, 2.45) is 0 Å². The van der Waals surface area contributed by atoms with Crippen LogP contribution in [0.25, 0.3) is 0 Å². The third-order valence-electron chi connectivity index (χ3n) is 9.38. The standard InChI is InChI=1S/C36H58O6/c1-6-7-24-40-32-26-29(35(2,3)22-14-20-33(38)41-27-16-10-8-11-17-27)31(37)25-30(32)36(4,5)23-15-21-34(39)42-28-18-12-9-13-19-28/h25-28,37H,6-24H2,1-5H3. The predicted octanol–water partition coefficient (Wildman–Crippen LogP) is 9.22. The molecule has 0 spiro atoms. The van der Waals surface area contributed by atoms with Crippen molar-refractivity contribution < 1.29 is 28.9 Å². The van der Waals surface area contributed by atoms with E-state index in [-0.39, 0.29) is 40.7 Å². The molecular formula is C36H58O6. The van der Waals surface area contributed by atoms with Gasteiger partial charge in [-0.15, -0.1) is 0 Å². The third kappa shape index (κ3) is 10.8. The van der Waals surface area contributed by atoms with E-state index in [1.807, 2.05) is 12.1 Å². The molecule has 2 aliphatic carbocycles. The summed E-state index contributed by atoms with van der Waals surface area (Å²) in [7, 11) is 0. The summed E-state index contributed by atoms with van der Waals surface area (Å²) in [6, 6.07) is 3.88. The maximum atomic E-state index is 12.5. The molecular weight excluding hydrogens is 528 g/mol. The molecule has 0 bridgehead atoms. The maximum Gasteiger partial charge on any atom is 0.306 e. The van der Waals surface area contributed by atoms with E-state index in [0.717, 1.165) is 100 Å². The Kier molecular flexibility index (Phi) is 13.5. The summed E-state index contributed by atoms with van der Waals surface area (Å²) in [6.07, 6.45) is 16.9. The van der Waals surface area contributed by atoms with E-state index in [1.165, 1.54) is 12.8 Å². The van der Waals surface area contributed by atoms with Gasteiger partial charge in [0.05, 0.1) is 6.61 Å². The van der Waals surface area contributed by atoms with Gasteiger partial charge in [0.15, 0.2) is 0 Å². The van der Waals surface area contributed by atoms with Crippen LogP contribution in [0, 0.1) is 0 Å². The SMILES string of the molecule is CCCCOc1cc(C(C)(C)CCCC(=O)OC2CCCCC2)c(O)cc1C(C)(C)CCCC(=O)OC1CCCCC1. The Hall–Kier alpha value is -2.24. The van der Waals surface area contributed by atoms with Crippen molar-refractivity contribution in [2.45, 2.75) is 173 Å².